The Labute approximate surface area is 155 Å². The number of nitrogens with zero attached hydrogens (tertiary/aromatic N) is 3. The molecule has 1 aromatic heterocycles. The fourth-order valence-corrected chi connectivity index (χ4v) is 2.91. The number of aliphatic carboxylic acids is 1. The van der Waals surface area contributed by atoms with Crippen molar-refractivity contribution in [2.45, 2.75) is 24.8 Å². The number of rotatable bonds is 6. The minimum absolute atomic E-state index is 0.0251. The second-order valence-electron chi connectivity index (χ2n) is 6.47. The Bertz CT molecular complexity index is 965. The summed E-state index contributed by atoms with van der Waals surface area (Å²) in [6.07, 6.45) is 2.02. The number of para-hydroxylation sites is 1. The van der Waals surface area contributed by atoms with Gasteiger partial charge in [-0.3, -0.25) is 4.79 Å². The van der Waals surface area contributed by atoms with Gasteiger partial charge in [-0.1, -0.05) is 48.5 Å². The van der Waals surface area contributed by atoms with Gasteiger partial charge >= 0.3 is 5.97 Å². The van der Waals surface area contributed by atoms with E-state index in [1.807, 2.05) is 30.3 Å². The molecule has 0 unspecified atom stereocenters. The molecule has 4 rings (SSSR count). The summed E-state index contributed by atoms with van der Waals surface area (Å²) < 4.78 is 1.67. The van der Waals surface area contributed by atoms with Crippen LogP contribution in [0.15, 0.2) is 60.7 Å². The number of hydrogen-bond donors (Lipinski definition) is 2. The summed E-state index contributed by atoms with van der Waals surface area (Å²) in [7, 11) is 0. The van der Waals surface area contributed by atoms with E-state index in [0.29, 0.717) is 5.56 Å². The van der Waals surface area contributed by atoms with Crippen molar-refractivity contribution in [3.63, 3.8) is 0 Å². The Kier molecular flexibility index (Phi) is 4.42. The Hall–Kier alpha value is -3.48. The lowest BCUT2D eigenvalue weighted by Crippen LogP contribution is -2.34. The minimum Gasteiger partial charge on any atom is -0.479 e. The van der Waals surface area contributed by atoms with Crippen LogP contribution in [0.3, 0.4) is 0 Å². The van der Waals surface area contributed by atoms with Crippen LogP contribution in [-0.4, -0.2) is 31.7 Å². The van der Waals surface area contributed by atoms with Gasteiger partial charge in [0.15, 0.2) is 6.04 Å². The molecular weight excluding hydrogens is 344 g/mol. The van der Waals surface area contributed by atoms with E-state index in [9.17, 15) is 14.7 Å². The van der Waals surface area contributed by atoms with Gasteiger partial charge in [0, 0.05) is 5.92 Å². The van der Waals surface area contributed by atoms with Crippen LogP contribution in [-0.2, 0) is 4.79 Å². The number of carboxylic acid groups (broad SMARTS) is 1. The molecule has 1 atom stereocenters. The van der Waals surface area contributed by atoms with Gasteiger partial charge in [-0.05, 0) is 30.5 Å². The maximum Gasteiger partial charge on any atom is 0.330 e. The highest BCUT2D eigenvalue weighted by Gasteiger charge is 2.32. The molecule has 2 aromatic carbocycles. The van der Waals surface area contributed by atoms with Gasteiger partial charge in [0.25, 0.3) is 5.91 Å². The average molecular weight is 362 g/mol. The van der Waals surface area contributed by atoms with Crippen molar-refractivity contribution in [1.29, 1.82) is 0 Å². The van der Waals surface area contributed by atoms with Crippen molar-refractivity contribution < 1.29 is 14.7 Å². The molecule has 0 aliphatic heterocycles. The molecule has 7 nitrogen and oxygen atoms in total. The van der Waals surface area contributed by atoms with Crippen LogP contribution >= 0.6 is 0 Å². The number of carbonyl (C=O) groups excluding carboxylic acids is 1. The first-order valence-corrected chi connectivity index (χ1v) is 8.74. The highest BCUT2D eigenvalue weighted by molar-refractivity contribution is 5.93. The van der Waals surface area contributed by atoms with Crippen LogP contribution in [0.25, 0.3) is 5.69 Å². The predicted molar refractivity (Wildman–Crippen MR) is 97.6 cm³/mol. The minimum atomic E-state index is -1.16. The number of benzene rings is 2. The van der Waals surface area contributed by atoms with Gasteiger partial charge < -0.3 is 10.4 Å². The van der Waals surface area contributed by atoms with E-state index >= 15 is 0 Å². The van der Waals surface area contributed by atoms with E-state index < -0.39 is 17.9 Å². The van der Waals surface area contributed by atoms with Gasteiger partial charge in [0.1, 0.15) is 5.82 Å². The van der Waals surface area contributed by atoms with Crippen LogP contribution in [0, 0.1) is 0 Å². The van der Waals surface area contributed by atoms with Crippen molar-refractivity contribution in [2.24, 2.45) is 0 Å². The zero-order valence-electron chi connectivity index (χ0n) is 14.4. The Morgan fingerprint density at radius 3 is 2.26 bits per heavy atom. The molecule has 0 bridgehead atoms. The summed E-state index contributed by atoms with van der Waals surface area (Å²) in [5.74, 6) is -0.758. The zero-order chi connectivity index (χ0) is 18.8. The number of carbonyl (C=O) groups is 2. The van der Waals surface area contributed by atoms with Gasteiger partial charge in [0.05, 0.1) is 5.69 Å². The van der Waals surface area contributed by atoms with Crippen molar-refractivity contribution in [2.75, 3.05) is 0 Å². The fourth-order valence-electron chi connectivity index (χ4n) is 2.91. The topological polar surface area (TPSA) is 97.1 Å². The molecule has 2 N–H and O–H groups in total. The lowest BCUT2D eigenvalue weighted by atomic mass is 10.1. The monoisotopic (exact) mass is 362 g/mol. The maximum absolute atomic E-state index is 12.7. The molecule has 1 aliphatic carbocycles. The molecule has 7 heteroatoms. The summed E-state index contributed by atoms with van der Waals surface area (Å²) in [6.45, 7) is 0. The van der Waals surface area contributed by atoms with Crippen LogP contribution in [0.5, 0.6) is 0 Å². The van der Waals surface area contributed by atoms with Gasteiger partial charge in [0.2, 0.25) is 5.82 Å². The average Bonchev–Trinajstić information content (AvgIpc) is 3.45. The number of aromatic nitrogens is 3. The van der Waals surface area contributed by atoms with Crippen LogP contribution in [0.2, 0.25) is 0 Å². The molecule has 0 saturated heterocycles. The van der Waals surface area contributed by atoms with Crippen LogP contribution < -0.4 is 5.32 Å². The number of amides is 1. The molecular formula is C20H18N4O3. The molecule has 1 aliphatic rings. The van der Waals surface area contributed by atoms with Gasteiger partial charge in [-0.25, -0.2) is 14.5 Å². The molecule has 3 aromatic rings. The number of carboxylic acids is 1. The number of nitrogens with one attached hydrogen (secondary N) is 1. The molecule has 1 fully saturated rings. The van der Waals surface area contributed by atoms with Crippen LogP contribution in [0.1, 0.15) is 46.8 Å². The summed E-state index contributed by atoms with van der Waals surface area (Å²) in [6, 6.07) is 16.9. The summed E-state index contributed by atoms with van der Waals surface area (Å²) >= 11 is 0. The number of hydrogen-bond acceptors (Lipinski definition) is 4. The van der Waals surface area contributed by atoms with E-state index in [0.717, 1.165) is 24.4 Å². The van der Waals surface area contributed by atoms with Crippen LogP contribution in [0.4, 0.5) is 0 Å². The summed E-state index contributed by atoms with van der Waals surface area (Å²) in [5, 5.41) is 16.4. The van der Waals surface area contributed by atoms with E-state index in [1.54, 1.807) is 35.0 Å². The molecule has 27 heavy (non-hydrogen) atoms. The quantitative estimate of drug-likeness (QED) is 0.703. The van der Waals surface area contributed by atoms with Gasteiger partial charge in [-0.2, -0.15) is 0 Å². The normalized spacial score (nSPS) is 14.5. The van der Waals surface area contributed by atoms with Crippen molar-refractivity contribution in [1.82, 2.24) is 20.1 Å². The van der Waals surface area contributed by atoms with Crippen molar-refractivity contribution in [3.8, 4) is 5.69 Å². The smallest absolute Gasteiger partial charge is 0.330 e. The summed E-state index contributed by atoms with van der Waals surface area (Å²) in [5.41, 5.74) is 1.31. The maximum atomic E-state index is 12.7. The largest absolute Gasteiger partial charge is 0.479 e. The van der Waals surface area contributed by atoms with E-state index in [4.69, 9.17) is 0 Å². The third-order valence-corrected chi connectivity index (χ3v) is 4.43. The predicted octanol–water partition coefficient (Wildman–Crippen LogP) is 2.70. The fraction of sp³-hybridized carbons (Fsp3) is 0.200. The third kappa shape index (κ3) is 3.57. The standard InChI is InChI=1S/C20H18N4O3/c25-19(21-16(20(26)27)13-7-3-1-4-8-13)17-22-18(14-11-12-14)24(23-17)15-9-5-2-6-10-15/h1-10,14,16H,11-12H2,(H,21,25)(H,26,27)/t16-/m0/s1. The lowest BCUT2D eigenvalue weighted by molar-refractivity contribution is -0.139. The molecule has 0 spiro atoms. The Morgan fingerprint density at radius 2 is 1.67 bits per heavy atom. The molecule has 1 heterocycles. The molecule has 1 saturated carbocycles. The summed E-state index contributed by atoms with van der Waals surface area (Å²) in [4.78, 5) is 28.7. The van der Waals surface area contributed by atoms with E-state index in [2.05, 4.69) is 15.4 Å². The van der Waals surface area contributed by atoms with Crippen molar-refractivity contribution in [3.05, 3.63) is 77.9 Å². The SMILES string of the molecule is O=C(N[C@H](C(=O)O)c1ccccc1)c1nc(C2CC2)n(-c2ccccc2)n1. The lowest BCUT2D eigenvalue weighted by Gasteiger charge is -2.13. The highest BCUT2D eigenvalue weighted by atomic mass is 16.4. The second-order valence-corrected chi connectivity index (χ2v) is 6.47. The molecule has 136 valence electrons. The van der Waals surface area contributed by atoms with E-state index in [-0.39, 0.29) is 11.7 Å². The first kappa shape index (κ1) is 17.0. The Balaban J connectivity index is 1.63. The van der Waals surface area contributed by atoms with Gasteiger partial charge in [-0.15, -0.1) is 5.10 Å². The molecule has 0 radical (unpaired) electrons. The first-order chi connectivity index (χ1) is 13.1. The third-order valence-electron chi connectivity index (χ3n) is 4.43. The van der Waals surface area contributed by atoms with E-state index in [1.165, 1.54) is 0 Å². The highest BCUT2D eigenvalue weighted by Crippen LogP contribution is 2.39. The van der Waals surface area contributed by atoms with Crippen molar-refractivity contribution >= 4 is 11.9 Å². The first-order valence-electron chi connectivity index (χ1n) is 8.74. The second kappa shape index (κ2) is 7.03. The molecule has 1 amide bonds. The Morgan fingerprint density at radius 1 is 1.04 bits per heavy atom. The zero-order valence-corrected chi connectivity index (χ0v) is 14.4.